The molecule has 3 rings (SSSR count). The number of sulfonamides is 1. The SMILES string of the molecule is CC(=O)N1CCc2ccc(S(=O)(=O)N3CCCCC3CCN)cc21.Cl. The maximum Gasteiger partial charge on any atom is 0.243 e. The van der Waals surface area contributed by atoms with Gasteiger partial charge in [0, 0.05) is 31.7 Å². The summed E-state index contributed by atoms with van der Waals surface area (Å²) in [5.74, 6) is -0.0534. The molecule has 8 heteroatoms. The van der Waals surface area contributed by atoms with E-state index in [-0.39, 0.29) is 29.3 Å². The Balaban J connectivity index is 0.00000225. The van der Waals surface area contributed by atoms with Crippen molar-refractivity contribution in [3.05, 3.63) is 23.8 Å². The molecule has 0 radical (unpaired) electrons. The molecule has 6 nitrogen and oxygen atoms in total. The predicted octanol–water partition coefficient (Wildman–Crippen LogP) is 1.91. The predicted molar refractivity (Wildman–Crippen MR) is 101 cm³/mol. The van der Waals surface area contributed by atoms with Gasteiger partial charge in [-0.25, -0.2) is 8.42 Å². The molecule has 0 aromatic heterocycles. The Morgan fingerprint density at radius 1 is 1.28 bits per heavy atom. The van der Waals surface area contributed by atoms with Gasteiger partial charge in [-0.3, -0.25) is 4.79 Å². The van der Waals surface area contributed by atoms with E-state index in [1.54, 1.807) is 21.3 Å². The van der Waals surface area contributed by atoms with Gasteiger partial charge in [0.15, 0.2) is 0 Å². The first-order valence-corrected chi connectivity index (χ1v) is 10.0. The van der Waals surface area contributed by atoms with Gasteiger partial charge < -0.3 is 10.6 Å². The topological polar surface area (TPSA) is 83.7 Å². The number of benzene rings is 1. The molecule has 2 aliphatic heterocycles. The van der Waals surface area contributed by atoms with Gasteiger partial charge in [0.2, 0.25) is 15.9 Å². The number of halogens is 1. The molecule has 1 aromatic carbocycles. The van der Waals surface area contributed by atoms with E-state index in [9.17, 15) is 13.2 Å². The number of fused-ring (bicyclic) bond motifs is 1. The van der Waals surface area contributed by atoms with Gasteiger partial charge in [0.05, 0.1) is 4.90 Å². The Hall–Kier alpha value is -1.15. The molecule has 1 aromatic rings. The molecule has 25 heavy (non-hydrogen) atoms. The first kappa shape index (κ1) is 20.2. The van der Waals surface area contributed by atoms with E-state index in [4.69, 9.17) is 5.73 Å². The van der Waals surface area contributed by atoms with Gasteiger partial charge in [0.1, 0.15) is 0 Å². The number of piperidine rings is 1. The van der Waals surface area contributed by atoms with E-state index < -0.39 is 10.0 Å². The lowest BCUT2D eigenvalue weighted by molar-refractivity contribution is -0.116. The number of carbonyl (C=O) groups excluding carboxylic acids is 1. The first-order chi connectivity index (χ1) is 11.4. The molecular formula is C17H26ClN3O3S. The number of nitrogens with two attached hydrogens (primary N) is 1. The van der Waals surface area contributed by atoms with Crippen LogP contribution >= 0.6 is 12.4 Å². The second-order valence-corrected chi connectivity index (χ2v) is 8.44. The minimum absolute atomic E-state index is 0. The quantitative estimate of drug-likeness (QED) is 0.855. The molecule has 1 saturated heterocycles. The number of anilines is 1. The maximum absolute atomic E-state index is 13.1. The number of carbonyl (C=O) groups is 1. The lowest BCUT2D eigenvalue weighted by Crippen LogP contribution is -2.44. The zero-order valence-electron chi connectivity index (χ0n) is 14.5. The third-order valence-electron chi connectivity index (χ3n) is 5.01. The van der Waals surface area contributed by atoms with Gasteiger partial charge in [-0.15, -0.1) is 12.4 Å². The van der Waals surface area contributed by atoms with Crippen LogP contribution in [-0.2, 0) is 21.2 Å². The number of nitrogens with zero attached hydrogens (tertiary/aromatic N) is 2. The minimum atomic E-state index is -3.56. The van der Waals surface area contributed by atoms with Crippen molar-refractivity contribution in [2.24, 2.45) is 5.73 Å². The maximum atomic E-state index is 13.1. The smallest absolute Gasteiger partial charge is 0.243 e. The summed E-state index contributed by atoms with van der Waals surface area (Å²) in [6, 6.07) is 5.15. The van der Waals surface area contributed by atoms with E-state index in [0.717, 1.165) is 36.9 Å². The van der Waals surface area contributed by atoms with Crippen molar-refractivity contribution in [3.8, 4) is 0 Å². The molecular weight excluding hydrogens is 362 g/mol. The van der Waals surface area contributed by atoms with E-state index in [2.05, 4.69) is 0 Å². The van der Waals surface area contributed by atoms with Crippen molar-refractivity contribution in [2.45, 2.75) is 50.0 Å². The molecule has 0 aliphatic carbocycles. The summed E-state index contributed by atoms with van der Waals surface area (Å²) in [4.78, 5) is 13.7. The van der Waals surface area contributed by atoms with Crippen molar-refractivity contribution in [3.63, 3.8) is 0 Å². The van der Waals surface area contributed by atoms with Crippen LogP contribution in [0.5, 0.6) is 0 Å². The highest BCUT2D eigenvalue weighted by molar-refractivity contribution is 7.89. The van der Waals surface area contributed by atoms with Crippen molar-refractivity contribution in [2.75, 3.05) is 24.5 Å². The average Bonchev–Trinajstić information content (AvgIpc) is 2.99. The van der Waals surface area contributed by atoms with Crippen molar-refractivity contribution >= 4 is 34.0 Å². The van der Waals surface area contributed by atoms with Crippen LogP contribution in [0.1, 0.15) is 38.2 Å². The fraction of sp³-hybridized carbons (Fsp3) is 0.588. The van der Waals surface area contributed by atoms with E-state index >= 15 is 0 Å². The molecule has 1 atom stereocenters. The van der Waals surface area contributed by atoms with Crippen molar-refractivity contribution < 1.29 is 13.2 Å². The third-order valence-corrected chi connectivity index (χ3v) is 6.96. The molecule has 2 aliphatic rings. The minimum Gasteiger partial charge on any atom is -0.330 e. The van der Waals surface area contributed by atoms with E-state index in [0.29, 0.717) is 26.1 Å². The van der Waals surface area contributed by atoms with Crippen molar-refractivity contribution in [1.29, 1.82) is 0 Å². The van der Waals surface area contributed by atoms with Gasteiger partial charge in [-0.2, -0.15) is 4.31 Å². The standard InChI is InChI=1S/C17H25N3O3S.ClH/c1-13(21)19-11-8-14-5-6-16(12-17(14)19)24(22,23)20-10-3-2-4-15(20)7-9-18;/h5-6,12,15H,2-4,7-11,18H2,1H3;1H. The number of amides is 1. The molecule has 0 spiro atoms. The van der Waals surface area contributed by atoms with Crippen LogP contribution < -0.4 is 10.6 Å². The lowest BCUT2D eigenvalue weighted by atomic mass is 10.0. The zero-order chi connectivity index (χ0) is 17.3. The normalized spacial score (nSPS) is 20.9. The van der Waals surface area contributed by atoms with Crippen LogP contribution in [0.3, 0.4) is 0 Å². The second kappa shape index (κ2) is 8.03. The van der Waals surface area contributed by atoms with Crippen LogP contribution in [0.15, 0.2) is 23.1 Å². The monoisotopic (exact) mass is 387 g/mol. The fourth-order valence-electron chi connectivity index (χ4n) is 3.75. The summed E-state index contributed by atoms with van der Waals surface area (Å²) < 4.78 is 27.9. The summed E-state index contributed by atoms with van der Waals surface area (Å²) in [6.45, 7) is 3.16. The Morgan fingerprint density at radius 2 is 2.04 bits per heavy atom. The van der Waals surface area contributed by atoms with Crippen LogP contribution in [0, 0.1) is 0 Å². The Morgan fingerprint density at radius 3 is 2.72 bits per heavy atom. The largest absolute Gasteiger partial charge is 0.330 e. The first-order valence-electron chi connectivity index (χ1n) is 8.58. The highest BCUT2D eigenvalue weighted by Crippen LogP contribution is 2.33. The molecule has 2 N–H and O–H groups in total. The van der Waals surface area contributed by atoms with Crippen molar-refractivity contribution in [1.82, 2.24) is 4.31 Å². The van der Waals surface area contributed by atoms with E-state index in [1.165, 1.54) is 6.92 Å². The van der Waals surface area contributed by atoms with Crippen LogP contribution in [0.25, 0.3) is 0 Å². The molecule has 2 heterocycles. The fourth-order valence-corrected chi connectivity index (χ4v) is 5.50. The molecule has 1 fully saturated rings. The van der Waals surface area contributed by atoms with Crippen LogP contribution in [0.4, 0.5) is 5.69 Å². The van der Waals surface area contributed by atoms with Gasteiger partial charge in [-0.1, -0.05) is 12.5 Å². The van der Waals surface area contributed by atoms with Gasteiger partial charge >= 0.3 is 0 Å². The number of hydrogen-bond acceptors (Lipinski definition) is 4. The van der Waals surface area contributed by atoms with Gasteiger partial charge in [-0.05, 0) is 49.9 Å². The summed E-state index contributed by atoms with van der Waals surface area (Å²) in [5.41, 5.74) is 7.42. The molecule has 0 bridgehead atoms. The Labute approximate surface area is 155 Å². The van der Waals surface area contributed by atoms with Crippen LogP contribution in [-0.4, -0.2) is 44.3 Å². The highest BCUT2D eigenvalue weighted by atomic mass is 35.5. The Kier molecular flexibility index (Phi) is 6.48. The molecule has 0 saturated carbocycles. The zero-order valence-corrected chi connectivity index (χ0v) is 16.1. The summed E-state index contributed by atoms with van der Waals surface area (Å²) in [5, 5.41) is 0. The average molecular weight is 388 g/mol. The van der Waals surface area contributed by atoms with E-state index in [1.807, 2.05) is 6.07 Å². The third kappa shape index (κ3) is 3.84. The number of rotatable bonds is 4. The molecule has 1 unspecified atom stereocenters. The van der Waals surface area contributed by atoms with Crippen LogP contribution in [0.2, 0.25) is 0 Å². The molecule has 140 valence electrons. The second-order valence-electron chi connectivity index (χ2n) is 6.55. The van der Waals surface area contributed by atoms with Gasteiger partial charge in [0.25, 0.3) is 0 Å². The summed E-state index contributed by atoms with van der Waals surface area (Å²) in [7, 11) is -3.56. The molecule has 1 amide bonds. The Bertz CT molecular complexity index is 737. The number of hydrogen-bond donors (Lipinski definition) is 1. The summed E-state index contributed by atoms with van der Waals surface area (Å²) in [6.07, 6.45) is 4.24. The highest BCUT2D eigenvalue weighted by Gasteiger charge is 2.34. The summed E-state index contributed by atoms with van der Waals surface area (Å²) >= 11 is 0. The lowest BCUT2D eigenvalue weighted by Gasteiger charge is -2.34.